The van der Waals surface area contributed by atoms with Crippen LogP contribution in [0.3, 0.4) is 0 Å². The van der Waals surface area contributed by atoms with E-state index in [0.29, 0.717) is 11.3 Å². The fourth-order valence-electron chi connectivity index (χ4n) is 3.32. The predicted octanol–water partition coefficient (Wildman–Crippen LogP) is 5.89. The molecule has 0 spiro atoms. The number of aryl methyl sites for hydroxylation is 1. The largest absolute Gasteiger partial charge is 0.489 e. The molecule has 0 aliphatic rings. The first-order chi connectivity index (χ1) is 13.6. The zero-order valence-electron chi connectivity index (χ0n) is 15.7. The van der Waals surface area contributed by atoms with Gasteiger partial charge in [-0.25, -0.2) is 9.37 Å². The molecule has 0 unspecified atom stereocenters. The number of methoxy groups -OCH3 is 1. The highest BCUT2D eigenvalue weighted by Crippen LogP contribution is 2.33. The average Bonchev–Trinajstić information content (AvgIpc) is 3.12. The Morgan fingerprint density at radius 1 is 1.07 bits per heavy atom. The van der Waals surface area contributed by atoms with Crippen LogP contribution in [0.25, 0.3) is 33.8 Å². The summed E-state index contributed by atoms with van der Waals surface area (Å²) in [5, 5.41) is 0. The van der Waals surface area contributed by atoms with Crippen molar-refractivity contribution in [3.8, 4) is 22.4 Å². The molecule has 4 rings (SSSR count). The van der Waals surface area contributed by atoms with E-state index in [0.717, 1.165) is 33.6 Å². The Morgan fingerprint density at radius 2 is 1.86 bits per heavy atom. The van der Waals surface area contributed by atoms with E-state index in [9.17, 15) is 4.39 Å². The summed E-state index contributed by atoms with van der Waals surface area (Å²) >= 11 is 0. The van der Waals surface area contributed by atoms with Gasteiger partial charge >= 0.3 is 0 Å². The first kappa shape index (κ1) is 17.8. The highest BCUT2D eigenvalue weighted by molar-refractivity contribution is 5.83. The summed E-state index contributed by atoms with van der Waals surface area (Å²) in [6.45, 7) is 5.53. The van der Waals surface area contributed by atoms with E-state index in [1.54, 1.807) is 13.2 Å². The standard InChI is InChI=1S/C24H19FN2O/c1-4-23(28-3)17-11-12-27-15-22(26-24(27)14-17)20-8-6-5-7-18(20)19-10-9-16(2)13-21(19)25/h5-15H,1H2,2-3H3. The van der Waals surface area contributed by atoms with Crippen molar-refractivity contribution >= 4 is 11.4 Å². The van der Waals surface area contributed by atoms with Crippen LogP contribution in [-0.2, 0) is 4.74 Å². The minimum Gasteiger partial charge on any atom is -0.489 e. The minimum atomic E-state index is -0.237. The van der Waals surface area contributed by atoms with E-state index in [4.69, 9.17) is 9.72 Å². The Labute approximate surface area is 163 Å². The molecular formula is C24H19FN2O. The molecule has 2 aromatic carbocycles. The number of hydrogen-bond acceptors (Lipinski definition) is 2. The molecule has 4 heteroatoms. The van der Waals surface area contributed by atoms with Gasteiger partial charge in [0.1, 0.15) is 11.5 Å². The summed E-state index contributed by atoms with van der Waals surface area (Å²) in [4.78, 5) is 4.75. The molecular weight excluding hydrogens is 351 g/mol. The fourth-order valence-corrected chi connectivity index (χ4v) is 3.32. The van der Waals surface area contributed by atoms with Crippen LogP contribution < -0.4 is 0 Å². The molecule has 0 amide bonds. The van der Waals surface area contributed by atoms with Gasteiger partial charge in [-0.15, -0.1) is 0 Å². The summed E-state index contributed by atoms with van der Waals surface area (Å²) < 4.78 is 21.8. The van der Waals surface area contributed by atoms with Gasteiger partial charge in [0.05, 0.1) is 12.8 Å². The predicted molar refractivity (Wildman–Crippen MR) is 110 cm³/mol. The molecule has 0 radical (unpaired) electrons. The topological polar surface area (TPSA) is 26.5 Å². The molecule has 0 bridgehead atoms. The number of halogens is 1. The summed E-state index contributed by atoms with van der Waals surface area (Å²) in [5.74, 6) is 0.327. The number of rotatable bonds is 4. The van der Waals surface area contributed by atoms with Crippen LogP contribution in [0, 0.1) is 12.7 Å². The Hall–Kier alpha value is -3.62. The van der Waals surface area contributed by atoms with E-state index >= 15 is 0 Å². The number of hydrogen-bond donors (Lipinski definition) is 0. The Balaban J connectivity index is 1.86. The lowest BCUT2D eigenvalue weighted by Crippen LogP contribution is -1.89. The number of aromatic nitrogens is 2. The quantitative estimate of drug-likeness (QED) is 0.331. The van der Waals surface area contributed by atoms with E-state index in [1.165, 1.54) is 0 Å². The minimum absolute atomic E-state index is 0.237. The highest BCUT2D eigenvalue weighted by atomic mass is 19.1. The van der Waals surface area contributed by atoms with E-state index in [1.807, 2.05) is 72.2 Å². The third-order valence-electron chi connectivity index (χ3n) is 4.70. The van der Waals surface area contributed by atoms with Gasteiger partial charge < -0.3 is 9.14 Å². The highest BCUT2D eigenvalue weighted by Gasteiger charge is 2.14. The fraction of sp³-hybridized carbons (Fsp3) is 0.0833. The second kappa shape index (κ2) is 7.18. The molecule has 0 saturated heterocycles. The van der Waals surface area contributed by atoms with Gasteiger partial charge in [0.25, 0.3) is 0 Å². The zero-order valence-corrected chi connectivity index (χ0v) is 15.7. The SMILES string of the molecule is C=C=C(OC)c1ccn2cc(-c3ccccc3-c3ccc(C)cc3F)nc2c1. The second-order valence-electron chi connectivity index (χ2n) is 6.55. The van der Waals surface area contributed by atoms with Crippen molar-refractivity contribution in [1.29, 1.82) is 0 Å². The molecule has 2 aromatic heterocycles. The van der Waals surface area contributed by atoms with Crippen LogP contribution >= 0.6 is 0 Å². The number of fused-ring (bicyclic) bond motifs is 1. The monoisotopic (exact) mass is 370 g/mol. The maximum Gasteiger partial charge on any atom is 0.168 e. The summed E-state index contributed by atoms with van der Waals surface area (Å²) in [6.07, 6.45) is 3.85. The molecule has 0 atom stereocenters. The van der Waals surface area contributed by atoms with Gasteiger partial charge in [0.2, 0.25) is 0 Å². The summed E-state index contributed by atoms with van der Waals surface area (Å²) in [6, 6.07) is 16.8. The van der Waals surface area contributed by atoms with Gasteiger partial charge in [0.15, 0.2) is 5.76 Å². The summed E-state index contributed by atoms with van der Waals surface area (Å²) in [7, 11) is 1.58. The number of nitrogens with zero attached hydrogens (tertiary/aromatic N) is 2. The van der Waals surface area contributed by atoms with Crippen LogP contribution in [0.1, 0.15) is 11.1 Å². The normalized spacial score (nSPS) is 10.7. The lowest BCUT2D eigenvalue weighted by atomic mass is 9.97. The maximum absolute atomic E-state index is 14.6. The van der Waals surface area contributed by atoms with Crippen LogP contribution in [0.2, 0.25) is 0 Å². The van der Waals surface area contributed by atoms with Crippen molar-refractivity contribution in [2.75, 3.05) is 7.11 Å². The van der Waals surface area contributed by atoms with Crippen LogP contribution in [0.15, 0.2) is 79.3 Å². The molecule has 0 fully saturated rings. The average molecular weight is 370 g/mol. The summed E-state index contributed by atoms with van der Waals surface area (Å²) in [5.41, 5.74) is 8.30. The van der Waals surface area contributed by atoms with E-state index in [-0.39, 0.29) is 5.82 Å². The molecule has 0 aliphatic carbocycles. The van der Waals surface area contributed by atoms with Crippen molar-refractivity contribution < 1.29 is 9.13 Å². The van der Waals surface area contributed by atoms with Crippen LogP contribution in [-0.4, -0.2) is 16.5 Å². The van der Waals surface area contributed by atoms with Crippen molar-refractivity contribution in [1.82, 2.24) is 9.38 Å². The van der Waals surface area contributed by atoms with Gasteiger partial charge in [-0.2, -0.15) is 0 Å². The molecule has 28 heavy (non-hydrogen) atoms. The van der Waals surface area contributed by atoms with Gasteiger partial charge in [-0.1, -0.05) is 48.7 Å². The van der Waals surface area contributed by atoms with Crippen molar-refractivity contribution in [2.45, 2.75) is 6.92 Å². The number of pyridine rings is 1. The molecule has 4 aromatic rings. The molecule has 0 N–H and O–H groups in total. The van der Waals surface area contributed by atoms with E-state index in [2.05, 4.69) is 12.3 Å². The lowest BCUT2D eigenvalue weighted by Gasteiger charge is -2.09. The molecule has 0 saturated carbocycles. The molecule has 0 aliphatic heterocycles. The van der Waals surface area contributed by atoms with Crippen molar-refractivity contribution in [2.24, 2.45) is 0 Å². The molecule has 3 nitrogen and oxygen atoms in total. The smallest absolute Gasteiger partial charge is 0.168 e. The number of benzene rings is 2. The van der Waals surface area contributed by atoms with E-state index < -0.39 is 0 Å². The zero-order chi connectivity index (χ0) is 19.7. The Bertz CT molecular complexity index is 1230. The van der Waals surface area contributed by atoms with Gasteiger partial charge in [-0.3, -0.25) is 0 Å². The van der Waals surface area contributed by atoms with Crippen molar-refractivity contribution in [3.63, 3.8) is 0 Å². The van der Waals surface area contributed by atoms with Gasteiger partial charge in [0, 0.05) is 29.1 Å². The van der Waals surface area contributed by atoms with Crippen molar-refractivity contribution in [3.05, 3.63) is 96.2 Å². The van der Waals surface area contributed by atoms with Crippen LogP contribution in [0.4, 0.5) is 4.39 Å². The maximum atomic E-state index is 14.6. The van der Waals surface area contributed by atoms with Crippen LogP contribution in [0.5, 0.6) is 0 Å². The Morgan fingerprint density at radius 3 is 2.57 bits per heavy atom. The number of imidazole rings is 1. The van der Waals surface area contributed by atoms with Gasteiger partial charge in [-0.05, 0) is 36.2 Å². The third kappa shape index (κ3) is 3.11. The lowest BCUT2D eigenvalue weighted by molar-refractivity contribution is 0.371. The number of ether oxygens (including phenoxy) is 1. The Kier molecular flexibility index (Phi) is 4.56. The first-order valence-electron chi connectivity index (χ1n) is 8.90. The second-order valence-corrected chi connectivity index (χ2v) is 6.55. The first-order valence-corrected chi connectivity index (χ1v) is 8.90. The third-order valence-corrected chi connectivity index (χ3v) is 4.70. The molecule has 2 heterocycles. The molecule has 138 valence electrons.